The summed E-state index contributed by atoms with van der Waals surface area (Å²) in [7, 11) is 0. The van der Waals surface area contributed by atoms with Crippen LogP contribution in [0.5, 0.6) is 0 Å². The van der Waals surface area contributed by atoms with Crippen LogP contribution in [0, 0.1) is 6.92 Å². The van der Waals surface area contributed by atoms with Gasteiger partial charge in [0.1, 0.15) is 0 Å². The summed E-state index contributed by atoms with van der Waals surface area (Å²) in [5.41, 5.74) is 5.24. The fraction of sp³-hybridized carbons (Fsp3) is 0.444. The summed E-state index contributed by atoms with van der Waals surface area (Å²) in [6, 6.07) is 6.38. The number of hydrogen-bond donors (Lipinski definition) is 1. The van der Waals surface area contributed by atoms with E-state index in [0.29, 0.717) is 0 Å². The van der Waals surface area contributed by atoms with Crippen molar-refractivity contribution in [3.8, 4) is 0 Å². The fourth-order valence-corrected chi connectivity index (χ4v) is 3.03. The number of carbonyl (C=O) groups is 1. The first-order valence-corrected chi connectivity index (χ1v) is 7.83. The van der Waals surface area contributed by atoms with Crippen molar-refractivity contribution in [2.24, 2.45) is 0 Å². The molecule has 0 fully saturated rings. The van der Waals surface area contributed by atoms with Crippen LogP contribution in [0.3, 0.4) is 0 Å². The van der Waals surface area contributed by atoms with Gasteiger partial charge in [-0.05, 0) is 57.2 Å². The lowest BCUT2D eigenvalue weighted by molar-refractivity contribution is 0.0940. The molecule has 0 unspecified atom stereocenters. The molecule has 0 saturated carbocycles. The molecule has 0 radical (unpaired) electrons. The normalized spacial score (nSPS) is 15.0. The highest BCUT2D eigenvalue weighted by atomic mass is 16.1. The van der Waals surface area contributed by atoms with Gasteiger partial charge in [-0.3, -0.25) is 9.78 Å². The van der Waals surface area contributed by atoms with Crippen LogP contribution in [-0.2, 0) is 12.8 Å². The van der Waals surface area contributed by atoms with Crippen LogP contribution >= 0.6 is 0 Å². The third kappa shape index (κ3) is 2.53. The van der Waals surface area contributed by atoms with Gasteiger partial charge in [-0.2, -0.15) is 0 Å². The summed E-state index contributed by atoms with van der Waals surface area (Å²) < 4.78 is 0. The molecule has 1 aliphatic rings. The van der Waals surface area contributed by atoms with Gasteiger partial charge in [-0.25, -0.2) is 0 Å². The second-order valence-corrected chi connectivity index (χ2v) is 6.07. The van der Waals surface area contributed by atoms with E-state index in [9.17, 15) is 4.79 Å². The van der Waals surface area contributed by atoms with Gasteiger partial charge in [0.25, 0.3) is 5.91 Å². The Balaban J connectivity index is 2.18. The SMILES string of the molecule is CC[C@H](C)NC(=O)c1c2c(nc3ccc(C)cc13)CCC2. The molecule has 0 saturated heterocycles. The van der Waals surface area contributed by atoms with Crippen molar-refractivity contribution >= 4 is 16.8 Å². The summed E-state index contributed by atoms with van der Waals surface area (Å²) in [5, 5.41) is 4.12. The highest BCUT2D eigenvalue weighted by Crippen LogP contribution is 2.30. The molecule has 1 aromatic heterocycles. The molecule has 21 heavy (non-hydrogen) atoms. The molecule has 0 bridgehead atoms. The number of pyridine rings is 1. The Kier molecular flexibility index (Phi) is 3.66. The van der Waals surface area contributed by atoms with E-state index in [1.807, 2.05) is 13.0 Å². The van der Waals surface area contributed by atoms with E-state index in [1.54, 1.807) is 0 Å². The lowest BCUT2D eigenvalue weighted by atomic mass is 9.99. The van der Waals surface area contributed by atoms with Crippen LogP contribution in [0.15, 0.2) is 18.2 Å². The molecule has 1 aliphatic carbocycles. The van der Waals surface area contributed by atoms with Crippen molar-refractivity contribution in [1.29, 1.82) is 0 Å². The molecular weight excluding hydrogens is 260 g/mol. The Bertz CT molecular complexity index is 706. The minimum atomic E-state index is 0.0560. The van der Waals surface area contributed by atoms with Gasteiger partial charge in [0, 0.05) is 17.1 Å². The summed E-state index contributed by atoms with van der Waals surface area (Å²) in [4.78, 5) is 17.5. The Morgan fingerprint density at radius 3 is 2.95 bits per heavy atom. The average molecular weight is 282 g/mol. The Labute approximate surface area is 125 Å². The number of nitrogens with one attached hydrogen (secondary N) is 1. The zero-order chi connectivity index (χ0) is 15.0. The Hall–Kier alpha value is -1.90. The van der Waals surface area contributed by atoms with Crippen LogP contribution in [0.2, 0.25) is 0 Å². The number of rotatable bonds is 3. The second kappa shape index (κ2) is 5.47. The van der Waals surface area contributed by atoms with Gasteiger partial charge in [0.15, 0.2) is 0 Å². The van der Waals surface area contributed by atoms with Crippen LogP contribution < -0.4 is 5.32 Å². The predicted molar refractivity (Wildman–Crippen MR) is 85.7 cm³/mol. The number of fused-ring (bicyclic) bond motifs is 2. The molecule has 1 heterocycles. The molecule has 1 N–H and O–H groups in total. The largest absolute Gasteiger partial charge is 0.350 e. The molecule has 0 aliphatic heterocycles. The highest BCUT2D eigenvalue weighted by molar-refractivity contribution is 6.08. The number of amides is 1. The first kappa shape index (κ1) is 14.1. The Morgan fingerprint density at radius 1 is 1.38 bits per heavy atom. The van der Waals surface area contributed by atoms with Gasteiger partial charge in [0.2, 0.25) is 0 Å². The number of hydrogen-bond acceptors (Lipinski definition) is 2. The fourth-order valence-electron chi connectivity index (χ4n) is 3.03. The van der Waals surface area contributed by atoms with Gasteiger partial charge < -0.3 is 5.32 Å². The van der Waals surface area contributed by atoms with Crippen molar-refractivity contribution < 1.29 is 4.79 Å². The number of aromatic nitrogens is 1. The molecule has 1 amide bonds. The maximum Gasteiger partial charge on any atom is 0.252 e. The van der Waals surface area contributed by atoms with Crippen LogP contribution in [-0.4, -0.2) is 16.9 Å². The van der Waals surface area contributed by atoms with Gasteiger partial charge in [0.05, 0.1) is 11.1 Å². The molecule has 2 aromatic rings. The number of carbonyl (C=O) groups excluding carboxylic acids is 1. The molecule has 3 rings (SSSR count). The average Bonchev–Trinajstić information content (AvgIpc) is 2.92. The Morgan fingerprint density at radius 2 is 2.19 bits per heavy atom. The summed E-state index contributed by atoms with van der Waals surface area (Å²) in [6.45, 7) is 6.19. The summed E-state index contributed by atoms with van der Waals surface area (Å²) in [5.74, 6) is 0.0560. The zero-order valence-corrected chi connectivity index (χ0v) is 13.0. The zero-order valence-electron chi connectivity index (χ0n) is 13.0. The molecule has 0 spiro atoms. The third-order valence-corrected chi connectivity index (χ3v) is 4.38. The van der Waals surface area contributed by atoms with Crippen molar-refractivity contribution in [3.63, 3.8) is 0 Å². The van der Waals surface area contributed by atoms with Crippen molar-refractivity contribution in [1.82, 2.24) is 10.3 Å². The van der Waals surface area contributed by atoms with E-state index in [4.69, 9.17) is 4.98 Å². The van der Waals surface area contributed by atoms with E-state index in [1.165, 1.54) is 5.56 Å². The first-order valence-electron chi connectivity index (χ1n) is 7.83. The molecule has 110 valence electrons. The smallest absolute Gasteiger partial charge is 0.252 e. The van der Waals surface area contributed by atoms with Crippen LogP contribution in [0.1, 0.15) is 53.9 Å². The van der Waals surface area contributed by atoms with Gasteiger partial charge in [-0.1, -0.05) is 18.6 Å². The van der Waals surface area contributed by atoms with Crippen molar-refractivity contribution in [3.05, 3.63) is 40.6 Å². The third-order valence-electron chi connectivity index (χ3n) is 4.38. The highest BCUT2D eigenvalue weighted by Gasteiger charge is 2.24. The van der Waals surface area contributed by atoms with Crippen molar-refractivity contribution in [2.75, 3.05) is 0 Å². The topological polar surface area (TPSA) is 42.0 Å². The van der Waals surface area contributed by atoms with E-state index in [-0.39, 0.29) is 11.9 Å². The van der Waals surface area contributed by atoms with Crippen LogP contribution in [0.4, 0.5) is 0 Å². The maximum absolute atomic E-state index is 12.8. The molecular formula is C18H22N2O. The second-order valence-electron chi connectivity index (χ2n) is 6.07. The van der Waals surface area contributed by atoms with E-state index >= 15 is 0 Å². The number of benzene rings is 1. The predicted octanol–water partition coefficient (Wildman–Crippen LogP) is 3.56. The van der Waals surface area contributed by atoms with Gasteiger partial charge in [-0.15, -0.1) is 0 Å². The lowest BCUT2D eigenvalue weighted by Crippen LogP contribution is -2.32. The van der Waals surface area contributed by atoms with E-state index in [2.05, 4.69) is 31.3 Å². The number of aryl methyl sites for hydroxylation is 2. The van der Waals surface area contributed by atoms with Crippen molar-refractivity contribution in [2.45, 2.75) is 52.5 Å². The quantitative estimate of drug-likeness (QED) is 0.935. The molecule has 3 nitrogen and oxygen atoms in total. The summed E-state index contributed by atoms with van der Waals surface area (Å²) in [6.07, 6.45) is 4.00. The first-order chi connectivity index (χ1) is 10.1. The standard InChI is InChI=1S/C18H22N2O/c1-4-12(3)19-18(21)17-13-6-5-7-15(13)20-16-9-8-11(2)10-14(16)17/h8-10,12H,4-7H2,1-3H3,(H,19,21)/t12-/m0/s1. The molecule has 1 atom stereocenters. The maximum atomic E-state index is 12.8. The summed E-state index contributed by atoms with van der Waals surface area (Å²) >= 11 is 0. The van der Waals surface area contributed by atoms with E-state index < -0.39 is 0 Å². The number of nitrogens with zero attached hydrogens (tertiary/aromatic N) is 1. The van der Waals surface area contributed by atoms with Gasteiger partial charge >= 0.3 is 0 Å². The van der Waals surface area contributed by atoms with E-state index in [0.717, 1.165) is 53.4 Å². The minimum Gasteiger partial charge on any atom is -0.350 e. The lowest BCUT2D eigenvalue weighted by Gasteiger charge is -2.16. The molecule has 3 heteroatoms. The monoisotopic (exact) mass is 282 g/mol. The van der Waals surface area contributed by atoms with Crippen LogP contribution in [0.25, 0.3) is 10.9 Å². The minimum absolute atomic E-state index is 0.0560. The molecule has 1 aromatic carbocycles.